The average Bonchev–Trinajstić information content (AvgIpc) is 4.22. The van der Waals surface area contributed by atoms with Crippen LogP contribution in [0.4, 0.5) is 17.1 Å². The molecule has 346 valence electrons. The van der Waals surface area contributed by atoms with Gasteiger partial charge in [0.15, 0.2) is 0 Å². The first kappa shape index (κ1) is 42.1. The lowest BCUT2D eigenvalue weighted by Crippen LogP contribution is -2.86. The van der Waals surface area contributed by atoms with Crippen molar-refractivity contribution in [3.8, 4) is 11.4 Å². The third-order valence-corrected chi connectivity index (χ3v) is 14.9. The van der Waals surface area contributed by atoms with Gasteiger partial charge in [0, 0.05) is 17.1 Å². The number of anilines is 3. The predicted molar refractivity (Wildman–Crippen MR) is 308 cm³/mol. The molecule has 1 aliphatic rings. The lowest BCUT2D eigenvalue weighted by Gasteiger charge is -2.57. The van der Waals surface area contributed by atoms with Gasteiger partial charge < -0.3 is 14.2 Å². The van der Waals surface area contributed by atoms with Crippen molar-refractivity contribution in [1.82, 2.24) is 27.9 Å². The molecular formula is C62H44B3N9. The SMILES string of the molecule is c1ccc(B2N(c3ccccc3)B(c3ccccc3)N(c3cccc(-n4c5ccc(-n6c7ccccc7n7c8ccccc8nc67)cc5n5c6ccccc6nc45)c3)B(c3ccccc3)N2c2ccccc2)cc1. The summed E-state index contributed by atoms with van der Waals surface area (Å²) >= 11 is 0. The summed E-state index contributed by atoms with van der Waals surface area (Å²) in [5, 5.41) is 0. The van der Waals surface area contributed by atoms with Gasteiger partial charge in [-0.1, -0.05) is 170 Å². The molecule has 0 amide bonds. The average molecular weight is 948 g/mol. The summed E-state index contributed by atoms with van der Waals surface area (Å²) in [5.74, 6) is 1.71. The van der Waals surface area contributed by atoms with Crippen molar-refractivity contribution in [3.05, 3.63) is 267 Å². The number of para-hydroxylation sites is 8. The maximum atomic E-state index is 5.44. The molecule has 74 heavy (non-hydrogen) atoms. The highest BCUT2D eigenvalue weighted by Crippen LogP contribution is 2.38. The fraction of sp³-hybridized carbons (Fsp3) is 0. The van der Waals surface area contributed by atoms with Crippen LogP contribution in [-0.4, -0.2) is 48.9 Å². The third kappa shape index (κ3) is 6.47. The van der Waals surface area contributed by atoms with Crippen molar-refractivity contribution in [2.75, 3.05) is 14.2 Å². The molecule has 12 heteroatoms. The Hall–Kier alpha value is -9.67. The first-order valence-electron chi connectivity index (χ1n) is 25.3. The summed E-state index contributed by atoms with van der Waals surface area (Å²) in [7, 11) is 0. The molecule has 5 heterocycles. The largest absolute Gasteiger partial charge is 0.416 e. The smallest absolute Gasteiger partial charge is 0.388 e. The molecule has 0 unspecified atom stereocenters. The highest BCUT2D eigenvalue weighted by Gasteiger charge is 2.55. The summed E-state index contributed by atoms with van der Waals surface area (Å²) in [6.07, 6.45) is 0. The molecule has 9 nitrogen and oxygen atoms in total. The number of fused-ring (bicyclic) bond motifs is 10. The second-order valence-electron chi connectivity index (χ2n) is 19.1. The van der Waals surface area contributed by atoms with Crippen molar-refractivity contribution in [2.24, 2.45) is 0 Å². The topological polar surface area (TPSA) is 54.2 Å². The normalized spacial score (nSPS) is 13.2. The van der Waals surface area contributed by atoms with Gasteiger partial charge in [-0.2, -0.15) is 0 Å². The predicted octanol–water partition coefficient (Wildman–Crippen LogP) is 11.2. The molecule has 10 aromatic carbocycles. The minimum Gasteiger partial charge on any atom is -0.416 e. The van der Waals surface area contributed by atoms with Crippen LogP contribution in [-0.2, 0) is 0 Å². The number of hydrogen-bond acceptors (Lipinski definition) is 5. The molecule has 0 bridgehead atoms. The van der Waals surface area contributed by atoms with Crippen molar-refractivity contribution in [2.45, 2.75) is 0 Å². The van der Waals surface area contributed by atoms with E-state index in [9.17, 15) is 0 Å². The molecule has 4 aromatic heterocycles. The number of benzene rings is 10. The summed E-state index contributed by atoms with van der Waals surface area (Å²) in [5.41, 5.74) is 17.1. The Morgan fingerprint density at radius 3 is 1.09 bits per heavy atom. The van der Waals surface area contributed by atoms with Gasteiger partial charge in [0.05, 0.1) is 55.5 Å². The lowest BCUT2D eigenvalue weighted by molar-refractivity contribution is 1.11. The number of aromatic nitrogens is 6. The molecule has 15 rings (SSSR count). The Balaban J connectivity index is 0.991. The molecule has 0 radical (unpaired) electrons. The van der Waals surface area contributed by atoms with E-state index in [-0.39, 0.29) is 20.9 Å². The fourth-order valence-corrected chi connectivity index (χ4v) is 11.9. The zero-order chi connectivity index (χ0) is 48.7. The molecule has 1 aliphatic heterocycles. The monoisotopic (exact) mass is 947 g/mol. The van der Waals surface area contributed by atoms with Crippen molar-refractivity contribution < 1.29 is 0 Å². The molecule has 0 atom stereocenters. The highest BCUT2D eigenvalue weighted by atomic mass is 15.3. The summed E-state index contributed by atoms with van der Waals surface area (Å²) in [6, 6.07) is 96.2. The Morgan fingerprint density at radius 1 is 0.243 bits per heavy atom. The second kappa shape index (κ2) is 17.0. The Morgan fingerprint density at radius 2 is 0.595 bits per heavy atom. The molecule has 14 aromatic rings. The molecule has 0 N–H and O–H groups in total. The first-order chi connectivity index (χ1) is 36.8. The minimum atomic E-state index is -0.283. The van der Waals surface area contributed by atoms with Gasteiger partial charge in [0.2, 0.25) is 11.6 Å². The second-order valence-corrected chi connectivity index (χ2v) is 19.1. The molecule has 0 spiro atoms. The van der Waals surface area contributed by atoms with E-state index in [1.165, 1.54) is 16.4 Å². The van der Waals surface area contributed by atoms with E-state index in [0.29, 0.717) is 0 Å². The zero-order valence-corrected chi connectivity index (χ0v) is 40.2. The van der Waals surface area contributed by atoms with Gasteiger partial charge in [-0.05, 0) is 113 Å². The van der Waals surface area contributed by atoms with E-state index in [4.69, 9.17) is 9.97 Å². The minimum absolute atomic E-state index is 0.227. The Labute approximate surface area is 428 Å². The van der Waals surface area contributed by atoms with Gasteiger partial charge in [-0.3, -0.25) is 17.9 Å². The van der Waals surface area contributed by atoms with Crippen LogP contribution < -0.4 is 30.6 Å². The van der Waals surface area contributed by atoms with Crippen LogP contribution in [0.2, 0.25) is 0 Å². The molecule has 1 saturated heterocycles. The number of hydrogen-bond donors (Lipinski definition) is 0. The van der Waals surface area contributed by atoms with E-state index < -0.39 is 0 Å². The van der Waals surface area contributed by atoms with Crippen LogP contribution in [0.3, 0.4) is 0 Å². The van der Waals surface area contributed by atoms with Crippen LogP contribution in [0.25, 0.3) is 67.1 Å². The molecule has 1 fully saturated rings. The van der Waals surface area contributed by atoms with Crippen LogP contribution in [0.15, 0.2) is 267 Å². The van der Waals surface area contributed by atoms with Crippen LogP contribution in [0.5, 0.6) is 0 Å². The van der Waals surface area contributed by atoms with Crippen LogP contribution in [0, 0.1) is 0 Å². The summed E-state index contributed by atoms with van der Waals surface area (Å²) in [4.78, 5) is 10.7. The maximum Gasteiger partial charge on any atom is 0.388 e. The van der Waals surface area contributed by atoms with E-state index in [1.807, 2.05) is 0 Å². The summed E-state index contributed by atoms with van der Waals surface area (Å²) in [6.45, 7) is -0.793. The quantitative estimate of drug-likeness (QED) is 0.142. The Kier molecular flexibility index (Phi) is 9.66. The summed E-state index contributed by atoms with van der Waals surface area (Å²) < 4.78 is 17.1. The van der Waals surface area contributed by atoms with Crippen LogP contribution in [0.1, 0.15) is 0 Å². The van der Waals surface area contributed by atoms with Crippen molar-refractivity contribution >= 4 is 110 Å². The first-order valence-corrected chi connectivity index (χ1v) is 25.3. The maximum absolute atomic E-state index is 5.44. The number of imidazole rings is 4. The molecular weight excluding hydrogens is 903 g/mol. The van der Waals surface area contributed by atoms with E-state index >= 15 is 0 Å². The number of nitrogens with zero attached hydrogens (tertiary/aromatic N) is 9. The van der Waals surface area contributed by atoms with Crippen molar-refractivity contribution in [3.63, 3.8) is 0 Å². The van der Waals surface area contributed by atoms with Gasteiger partial charge in [0.1, 0.15) is 0 Å². The van der Waals surface area contributed by atoms with Crippen molar-refractivity contribution in [1.29, 1.82) is 0 Å². The molecule has 0 saturated carbocycles. The van der Waals surface area contributed by atoms with E-state index in [2.05, 4.69) is 299 Å². The fourth-order valence-electron chi connectivity index (χ4n) is 11.9. The van der Waals surface area contributed by atoms with E-state index in [1.54, 1.807) is 0 Å². The van der Waals surface area contributed by atoms with Gasteiger partial charge >= 0.3 is 20.9 Å². The van der Waals surface area contributed by atoms with Gasteiger partial charge in [-0.25, -0.2) is 9.97 Å². The lowest BCUT2D eigenvalue weighted by atomic mass is 9.37. The zero-order valence-electron chi connectivity index (χ0n) is 40.2. The molecule has 0 aliphatic carbocycles. The third-order valence-electron chi connectivity index (χ3n) is 14.9. The number of rotatable bonds is 8. The van der Waals surface area contributed by atoms with Gasteiger partial charge in [0.25, 0.3) is 0 Å². The Bertz CT molecular complexity index is 4280. The highest BCUT2D eigenvalue weighted by molar-refractivity contribution is 7.14. The van der Waals surface area contributed by atoms with Gasteiger partial charge in [-0.15, -0.1) is 0 Å². The van der Waals surface area contributed by atoms with E-state index in [0.717, 1.165) is 84.1 Å². The standard InChI is InChI=1S/C62H44B3N9/c1-6-23-45(24-7-1)63-72(48-29-12-4-13-30-48)64(46-25-8-2-9-26-46)74(65(47-27-10-3-11-28-47)73(63)49-31-14-5-15-32-49)52-34-22-33-50(43-52)68-59-42-41-51(44-60(59)71-56-38-19-17-36-54(56)67-62(68)71)69-57-39-20-21-40-58(57)70-55-37-18-16-35-53(55)66-61(69)70/h1-44H. The van der Waals surface area contributed by atoms with Crippen LogP contribution >= 0.6 is 0 Å².